The van der Waals surface area contributed by atoms with E-state index >= 15 is 0 Å². The van der Waals surface area contributed by atoms with Crippen LogP contribution in [0, 0.1) is 6.92 Å². The molecule has 2 amide bonds. The molecule has 6 heteroatoms. The molecule has 1 aromatic carbocycles. The molecule has 1 aromatic heterocycles. The largest absolute Gasteiger partial charge is 0.368 e. The molecule has 0 saturated heterocycles. The summed E-state index contributed by atoms with van der Waals surface area (Å²) >= 11 is 0. The minimum atomic E-state index is -0.985. The summed E-state index contributed by atoms with van der Waals surface area (Å²) in [4.78, 5) is 36.3. The molecule has 0 aliphatic heterocycles. The Kier molecular flexibility index (Phi) is 3.97. The maximum absolute atomic E-state index is 12.6. The Morgan fingerprint density at radius 1 is 1.25 bits per heavy atom. The van der Waals surface area contributed by atoms with Crippen LogP contribution in [0.15, 0.2) is 47.4 Å². The Morgan fingerprint density at radius 2 is 2.00 bits per heavy atom. The molecular formula is C18H19N3O3. The van der Waals surface area contributed by atoms with Crippen LogP contribution in [0.4, 0.5) is 0 Å². The molecule has 0 radical (unpaired) electrons. The molecular weight excluding hydrogens is 306 g/mol. The predicted octanol–water partition coefficient (Wildman–Crippen LogP) is 0.953. The number of nitrogens with one attached hydrogen (secondary N) is 1. The van der Waals surface area contributed by atoms with Gasteiger partial charge in [-0.25, -0.2) is 0 Å². The van der Waals surface area contributed by atoms with Crippen molar-refractivity contribution in [2.75, 3.05) is 0 Å². The van der Waals surface area contributed by atoms with Gasteiger partial charge in [-0.3, -0.25) is 14.4 Å². The zero-order valence-corrected chi connectivity index (χ0v) is 13.4. The summed E-state index contributed by atoms with van der Waals surface area (Å²) in [5, 5.41) is 2.60. The highest BCUT2D eigenvalue weighted by Crippen LogP contribution is 2.34. The van der Waals surface area contributed by atoms with Crippen molar-refractivity contribution in [3.05, 3.63) is 69.6 Å². The van der Waals surface area contributed by atoms with Crippen molar-refractivity contribution in [2.24, 2.45) is 5.73 Å². The molecule has 1 heterocycles. The number of primary amides is 1. The van der Waals surface area contributed by atoms with Gasteiger partial charge >= 0.3 is 0 Å². The average molecular weight is 325 g/mol. The van der Waals surface area contributed by atoms with E-state index in [0.717, 1.165) is 11.1 Å². The summed E-state index contributed by atoms with van der Waals surface area (Å²) in [6.45, 7) is 2.36. The smallest absolute Gasteiger partial charge is 0.263 e. The van der Waals surface area contributed by atoms with Gasteiger partial charge in [-0.05, 0) is 37.5 Å². The Morgan fingerprint density at radius 3 is 2.62 bits per heavy atom. The average Bonchev–Trinajstić information content (AvgIpc) is 3.30. The minimum absolute atomic E-state index is 0.0117. The lowest BCUT2D eigenvalue weighted by atomic mass is 10.1. The van der Waals surface area contributed by atoms with Crippen LogP contribution in [-0.2, 0) is 11.3 Å². The van der Waals surface area contributed by atoms with Crippen molar-refractivity contribution in [1.82, 2.24) is 9.88 Å². The number of hydrogen-bond acceptors (Lipinski definition) is 3. The lowest BCUT2D eigenvalue weighted by Gasteiger charge is -2.14. The van der Waals surface area contributed by atoms with Crippen LogP contribution >= 0.6 is 0 Å². The highest BCUT2D eigenvalue weighted by Gasteiger charge is 2.50. The molecule has 6 nitrogen and oxygen atoms in total. The molecule has 0 bridgehead atoms. The van der Waals surface area contributed by atoms with Crippen molar-refractivity contribution in [1.29, 1.82) is 0 Å². The van der Waals surface area contributed by atoms with Crippen LogP contribution < -0.4 is 16.6 Å². The highest BCUT2D eigenvalue weighted by molar-refractivity contribution is 5.99. The summed E-state index contributed by atoms with van der Waals surface area (Å²) < 4.78 is 1.48. The molecule has 0 atom stereocenters. The number of benzene rings is 1. The van der Waals surface area contributed by atoms with E-state index in [1.54, 1.807) is 12.3 Å². The fourth-order valence-corrected chi connectivity index (χ4v) is 2.68. The van der Waals surface area contributed by atoms with E-state index < -0.39 is 22.9 Å². The van der Waals surface area contributed by atoms with Crippen LogP contribution in [0.1, 0.15) is 34.3 Å². The maximum Gasteiger partial charge on any atom is 0.263 e. The van der Waals surface area contributed by atoms with E-state index in [-0.39, 0.29) is 5.56 Å². The van der Waals surface area contributed by atoms with Gasteiger partial charge in [0, 0.05) is 6.20 Å². The van der Waals surface area contributed by atoms with Crippen molar-refractivity contribution in [3.8, 4) is 0 Å². The number of amides is 2. The van der Waals surface area contributed by atoms with E-state index in [9.17, 15) is 14.4 Å². The third-order valence-electron chi connectivity index (χ3n) is 4.27. The van der Waals surface area contributed by atoms with E-state index in [1.807, 2.05) is 31.2 Å². The number of aryl methyl sites for hydroxylation is 1. The summed E-state index contributed by atoms with van der Waals surface area (Å²) in [5.41, 5.74) is 6.02. The molecule has 3 rings (SSSR count). The molecule has 0 spiro atoms. The molecule has 1 saturated carbocycles. The summed E-state index contributed by atoms with van der Waals surface area (Å²) in [6, 6.07) is 10.9. The van der Waals surface area contributed by atoms with Crippen LogP contribution in [-0.4, -0.2) is 21.9 Å². The lowest BCUT2D eigenvalue weighted by molar-refractivity contribution is -0.120. The zero-order chi connectivity index (χ0) is 17.3. The first-order valence-corrected chi connectivity index (χ1v) is 7.79. The van der Waals surface area contributed by atoms with Crippen molar-refractivity contribution in [2.45, 2.75) is 31.8 Å². The first-order chi connectivity index (χ1) is 11.4. The van der Waals surface area contributed by atoms with Gasteiger partial charge in [-0.2, -0.15) is 0 Å². The van der Waals surface area contributed by atoms with Gasteiger partial charge in [0.05, 0.1) is 6.54 Å². The van der Waals surface area contributed by atoms with Gasteiger partial charge in [0.25, 0.3) is 11.5 Å². The highest BCUT2D eigenvalue weighted by atomic mass is 16.2. The molecule has 1 aliphatic carbocycles. The number of nitrogens with zero attached hydrogens (tertiary/aromatic N) is 1. The van der Waals surface area contributed by atoms with Crippen LogP contribution in [0.25, 0.3) is 0 Å². The first-order valence-electron chi connectivity index (χ1n) is 7.79. The van der Waals surface area contributed by atoms with Gasteiger partial charge in [-0.15, -0.1) is 0 Å². The molecule has 1 fully saturated rings. The third-order valence-corrected chi connectivity index (χ3v) is 4.27. The molecule has 1 aliphatic rings. The number of pyridine rings is 1. The van der Waals surface area contributed by atoms with Crippen LogP contribution in [0.3, 0.4) is 0 Å². The van der Waals surface area contributed by atoms with Gasteiger partial charge in [-0.1, -0.05) is 29.8 Å². The van der Waals surface area contributed by atoms with Gasteiger partial charge in [0.15, 0.2) is 0 Å². The molecule has 0 unspecified atom stereocenters. The van der Waals surface area contributed by atoms with Gasteiger partial charge < -0.3 is 15.6 Å². The minimum Gasteiger partial charge on any atom is -0.368 e. The lowest BCUT2D eigenvalue weighted by Crippen LogP contribution is -2.48. The number of rotatable bonds is 5. The Labute approximate surface area is 139 Å². The Bertz CT molecular complexity index is 866. The third kappa shape index (κ3) is 3.08. The van der Waals surface area contributed by atoms with Crippen molar-refractivity contribution in [3.63, 3.8) is 0 Å². The second-order valence-corrected chi connectivity index (χ2v) is 6.24. The molecule has 24 heavy (non-hydrogen) atoms. The first kappa shape index (κ1) is 16.0. The topological polar surface area (TPSA) is 94.2 Å². The van der Waals surface area contributed by atoms with E-state index in [2.05, 4.69) is 5.32 Å². The summed E-state index contributed by atoms with van der Waals surface area (Å²) in [7, 11) is 0. The van der Waals surface area contributed by atoms with E-state index in [0.29, 0.717) is 19.4 Å². The standard InChI is InChI=1S/C18H19N3O3/c1-12-4-2-5-13(10-12)11-21-9-3-6-14(16(21)23)15(22)20-18(7-8-18)17(19)24/h2-6,9-10H,7-8,11H2,1H3,(H2,19,24)(H,20,22). The monoisotopic (exact) mass is 325 g/mol. The normalized spacial score (nSPS) is 14.9. The number of hydrogen-bond donors (Lipinski definition) is 2. The zero-order valence-electron chi connectivity index (χ0n) is 13.4. The SMILES string of the molecule is Cc1cccc(Cn2cccc(C(=O)NC3(C(N)=O)CC3)c2=O)c1. The van der Waals surface area contributed by atoms with Crippen molar-refractivity contribution < 1.29 is 9.59 Å². The number of carbonyl (C=O) groups is 2. The Balaban J connectivity index is 1.84. The van der Waals surface area contributed by atoms with Crippen molar-refractivity contribution >= 4 is 11.8 Å². The van der Waals surface area contributed by atoms with Gasteiger partial charge in [0.2, 0.25) is 5.91 Å². The fourth-order valence-electron chi connectivity index (χ4n) is 2.68. The predicted molar refractivity (Wildman–Crippen MR) is 89.6 cm³/mol. The van der Waals surface area contributed by atoms with E-state index in [1.165, 1.54) is 10.6 Å². The number of aromatic nitrogens is 1. The fraction of sp³-hybridized carbons (Fsp3) is 0.278. The summed E-state index contributed by atoms with van der Waals surface area (Å²) in [6.07, 6.45) is 2.67. The number of carbonyl (C=O) groups excluding carboxylic acids is 2. The second-order valence-electron chi connectivity index (χ2n) is 6.24. The molecule has 2 aromatic rings. The van der Waals surface area contributed by atoms with E-state index in [4.69, 9.17) is 5.73 Å². The Hall–Kier alpha value is -2.89. The maximum atomic E-state index is 12.6. The summed E-state index contributed by atoms with van der Waals surface area (Å²) in [5.74, 6) is -1.12. The van der Waals surface area contributed by atoms with Gasteiger partial charge in [0.1, 0.15) is 11.1 Å². The number of nitrogens with two attached hydrogens (primary N) is 1. The van der Waals surface area contributed by atoms with Crippen LogP contribution in [0.2, 0.25) is 0 Å². The molecule has 124 valence electrons. The molecule has 3 N–H and O–H groups in total. The van der Waals surface area contributed by atoms with Crippen LogP contribution in [0.5, 0.6) is 0 Å². The quantitative estimate of drug-likeness (QED) is 0.857. The second kappa shape index (κ2) is 5.96.